The maximum Gasteiger partial charge on any atom is 0.343 e. The molecule has 0 heterocycles. The van der Waals surface area contributed by atoms with Gasteiger partial charge in [-0.05, 0) is 67.1 Å². The number of carbonyl (C=O) groups is 1. The van der Waals surface area contributed by atoms with Crippen molar-refractivity contribution in [1.29, 1.82) is 5.26 Å². The quantitative estimate of drug-likeness (QED) is 0.150. The minimum atomic E-state index is -0.741. The molecule has 2 aromatic carbocycles. The summed E-state index contributed by atoms with van der Waals surface area (Å²) in [4.78, 5) is 12.3. The van der Waals surface area contributed by atoms with Gasteiger partial charge in [0.1, 0.15) is 5.75 Å². The summed E-state index contributed by atoms with van der Waals surface area (Å²) in [7, 11) is 0. The Bertz CT molecular complexity index is 982. The van der Waals surface area contributed by atoms with Crippen LogP contribution in [0.4, 0.5) is 4.39 Å². The van der Waals surface area contributed by atoms with Gasteiger partial charge in [0.2, 0.25) is 0 Å². The second-order valence-electron chi connectivity index (χ2n) is 10.0. The molecule has 0 amide bonds. The molecule has 3 rings (SSSR count). The molecule has 5 heteroatoms. The third kappa shape index (κ3) is 8.97. The average molecular weight is 494 g/mol. The van der Waals surface area contributed by atoms with Crippen molar-refractivity contribution in [2.24, 2.45) is 11.8 Å². The van der Waals surface area contributed by atoms with E-state index in [9.17, 15) is 9.18 Å². The van der Waals surface area contributed by atoms with E-state index < -0.39 is 11.8 Å². The van der Waals surface area contributed by atoms with Crippen molar-refractivity contribution in [2.75, 3.05) is 6.61 Å². The molecule has 1 aliphatic carbocycles. The molecule has 0 aliphatic heterocycles. The zero-order valence-electron chi connectivity index (χ0n) is 21.6. The highest BCUT2D eigenvalue weighted by atomic mass is 19.1. The zero-order chi connectivity index (χ0) is 25.6. The van der Waals surface area contributed by atoms with Gasteiger partial charge in [0.05, 0.1) is 23.8 Å². The molecule has 0 aromatic heterocycles. The van der Waals surface area contributed by atoms with Crippen molar-refractivity contribution < 1.29 is 18.7 Å². The third-order valence-electron chi connectivity index (χ3n) is 7.34. The van der Waals surface area contributed by atoms with Crippen LogP contribution in [0.25, 0.3) is 0 Å². The maximum atomic E-state index is 14.0. The second kappa shape index (κ2) is 15.3. The number of nitrogens with zero attached hydrogens (tertiary/aromatic N) is 1. The van der Waals surface area contributed by atoms with Gasteiger partial charge in [0.25, 0.3) is 0 Å². The molecule has 36 heavy (non-hydrogen) atoms. The van der Waals surface area contributed by atoms with Gasteiger partial charge in [-0.25, -0.2) is 9.18 Å². The summed E-state index contributed by atoms with van der Waals surface area (Å²) in [5, 5.41) is 8.82. The molecular formula is C31H40FNO3. The highest BCUT2D eigenvalue weighted by Gasteiger charge is 2.24. The summed E-state index contributed by atoms with van der Waals surface area (Å²) in [5.74, 6) is 0.836. The fourth-order valence-corrected chi connectivity index (χ4v) is 5.27. The SMILES string of the molecule is CCCCCCCCC1CCCCC1CCCOc1ccc(C(=O)Oc2ccc(C#N)cc2F)cc1. The third-order valence-corrected chi connectivity index (χ3v) is 7.34. The van der Waals surface area contributed by atoms with E-state index in [0.29, 0.717) is 17.9 Å². The number of hydrogen-bond donors (Lipinski definition) is 0. The Hall–Kier alpha value is -2.87. The van der Waals surface area contributed by atoms with E-state index in [2.05, 4.69) is 6.92 Å². The lowest BCUT2D eigenvalue weighted by molar-refractivity contribution is 0.0728. The van der Waals surface area contributed by atoms with Crippen LogP contribution in [0.5, 0.6) is 11.5 Å². The molecule has 1 aliphatic rings. The first-order valence-electron chi connectivity index (χ1n) is 13.8. The minimum Gasteiger partial charge on any atom is -0.494 e. The Kier molecular flexibility index (Phi) is 11.8. The molecule has 0 bridgehead atoms. The second-order valence-corrected chi connectivity index (χ2v) is 10.0. The van der Waals surface area contributed by atoms with Crippen LogP contribution in [0.3, 0.4) is 0 Å². The Balaban J connectivity index is 1.38. The number of halogens is 1. The fraction of sp³-hybridized carbons (Fsp3) is 0.548. The molecule has 2 unspecified atom stereocenters. The number of carbonyl (C=O) groups excluding carboxylic acids is 1. The normalized spacial score (nSPS) is 17.4. The predicted octanol–water partition coefficient (Wildman–Crippen LogP) is 8.63. The van der Waals surface area contributed by atoms with Gasteiger partial charge in [-0.2, -0.15) is 5.26 Å². The van der Waals surface area contributed by atoms with Gasteiger partial charge in [0, 0.05) is 0 Å². The number of ether oxygens (including phenoxy) is 2. The van der Waals surface area contributed by atoms with E-state index in [-0.39, 0.29) is 11.3 Å². The summed E-state index contributed by atoms with van der Waals surface area (Å²) in [5.41, 5.74) is 0.483. The summed E-state index contributed by atoms with van der Waals surface area (Å²) >= 11 is 0. The highest BCUT2D eigenvalue weighted by Crippen LogP contribution is 2.36. The van der Waals surface area contributed by atoms with Crippen molar-refractivity contribution in [3.63, 3.8) is 0 Å². The van der Waals surface area contributed by atoms with Gasteiger partial charge >= 0.3 is 5.97 Å². The van der Waals surface area contributed by atoms with E-state index in [1.54, 1.807) is 24.3 Å². The molecule has 2 aromatic rings. The van der Waals surface area contributed by atoms with E-state index >= 15 is 0 Å². The predicted molar refractivity (Wildman–Crippen MR) is 141 cm³/mol. The van der Waals surface area contributed by atoms with E-state index in [1.807, 2.05) is 6.07 Å². The van der Waals surface area contributed by atoms with Crippen LogP contribution in [0, 0.1) is 29.0 Å². The van der Waals surface area contributed by atoms with Gasteiger partial charge in [-0.15, -0.1) is 0 Å². The van der Waals surface area contributed by atoms with Crippen LogP contribution in [0.2, 0.25) is 0 Å². The molecule has 0 N–H and O–H groups in total. The Morgan fingerprint density at radius 2 is 1.61 bits per heavy atom. The van der Waals surface area contributed by atoms with Crippen molar-refractivity contribution >= 4 is 5.97 Å². The molecule has 194 valence electrons. The summed E-state index contributed by atoms with van der Waals surface area (Å²) < 4.78 is 25.0. The van der Waals surface area contributed by atoms with Crippen molar-refractivity contribution in [2.45, 2.75) is 90.4 Å². The Labute approximate surface area is 215 Å². The number of esters is 1. The number of hydrogen-bond acceptors (Lipinski definition) is 4. The van der Waals surface area contributed by atoms with Gasteiger partial charge in [-0.1, -0.05) is 77.6 Å². The van der Waals surface area contributed by atoms with E-state index in [1.165, 1.54) is 89.2 Å². The lowest BCUT2D eigenvalue weighted by Gasteiger charge is -2.32. The lowest BCUT2D eigenvalue weighted by atomic mass is 9.74. The monoisotopic (exact) mass is 493 g/mol. The first-order chi connectivity index (χ1) is 17.6. The molecule has 1 saturated carbocycles. The van der Waals surface area contributed by atoms with Crippen molar-refractivity contribution in [3.05, 3.63) is 59.4 Å². The summed E-state index contributed by atoms with van der Waals surface area (Å²) in [6, 6.07) is 12.3. The molecule has 1 fully saturated rings. The van der Waals surface area contributed by atoms with Crippen LogP contribution < -0.4 is 9.47 Å². The minimum absolute atomic E-state index is 0.172. The first-order valence-corrected chi connectivity index (χ1v) is 13.8. The lowest BCUT2D eigenvalue weighted by Crippen LogP contribution is -2.20. The summed E-state index contributed by atoms with van der Waals surface area (Å²) in [6.07, 6.45) is 17.4. The number of rotatable bonds is 14. The Morgan fingerprint density at radius 3 is 2.28 bits per heavy atom. The Morgan fingerprint density at radius 1 is 0.944 bits per heavy atom. The van der Waals surface area contributed by atoms with Gasteiger partial charge in [0.15, 0.2) is 11.6 Å². The maximum absolute atomic E-state index is 14.0. The first kappa shape index (κ1) is 27.7. The van der Waals surface area contributed by atoms with Crippen molar-refractivity contribution in [1.82, 2.24) is 0 Å². The highest BCUT2D eigenvalue weighted by molar-refractivity contribution is 5.91. The van der Waals surface area contributed by atoms with Gasteiger partial charge in [-0.3, -0.25) is 0 Å². The molecule has 2 atom stereocenters. The topological polar surface area (TPSA) is 59.3 Å². The fourth-order valence-electron chi connectivity index (χ4n) is 5.27. The molecule has 0 saturated heterocycles. The van der Waals surface area contributed by atoms with Crippen LogP contribution in [-0.4, -0.2) is 12.6 Å². The average Bonchev–Trinajstić information content (AvgIpc) is 2.90. The van der Waals surface area contributed by atoms with E-state index in [4.69, 9.17) is 14.7 Å². The standard InChI is InChI=1S/C31H40FNO3/c1-2-3-4-5-6-7-11-25-12-8-9-13-26(25)14-10-21-35-28-18-16-27(17-19-28)31(34)36-30-20-15-24(23-33)22-29(30)32/h15-20,22,25-26H,2-14,21H2,1H3. The van der Waals surface area contributed by atoms with Crippen LogP contribution in [0.15, 0.2) is 42.5 Å². The van der Waals surface area contributed by atoms with Crippen LogP contribution in [0.1, 0.15) is 106 Å². The molecule has 0 radical (unpaired) electrons. The number of unbranched alkanes of at least 4 members (excludes halogenated alkanes) is 5. The van der Waals surface area contributed by atoms with E-state index in [0.717, 1.165) is 24.3 Å². The van der Waals surface area contributed by atoms with Crippen LogP contribution in [-0.2, 0) is 0 Å². The number of benzene rings is 2. The zero-order valence-corrected chi connectivity index (χ0v) is 21.6. The number of nitriles is 1. The van der Waals surface area contributed by atoms with Crippen LogP contribution >= 0.6 is 0 Å². The largest absolute Gasteiger partial charge is 0.494 e. The van der Waals surface area contributed by atoms with Crippen molar-refractivity contribution in [3.8, 4) is 17.6 Å². The molecular weight excluding hydrogens is 453 g/mol. The summed E-state index contributed by atoms with van der Waals surface area (Å²) in [6.45, 7) is 2.94. The smallest absolute Gasteiger partial charge is 0.343 e. The molecule has 4 nitrogen and oxygen atoms in total. The van der Waals surface area contributed by atoms with Gasteiger partial charge < -0.3 is 9.47 Å². The molecule has 0 spiro atoms.